The summed E-state index contributed by atoms with van der Waals surface area (Å²) in [5.74, 6) is 0.935. The molecule has 0 saturated heterocycles. The third-order valence-corrected chi connectivity index (χ3v) is 5.81. The maximum Gasteiger partial charge on any atom is 0.232 e. The average molecular weight is 505 g/mol. The molecule has 166 valence electrons. The van der Waals surface area contributed by atoms with Crippen LogP contribution >= 0.6 is 15.9 Å². The molecule has 4 aromatic rings. The molecule has 9 nitrogen and oxygen atoms in total. The van der Waals surface area contributed by atoms with Crippen molar-refractivity contribution in [3.05, 3.63) is 82.6 Å². The molecule has 3 N–H and O–H groups in total. The highest BCUT2D eigenvalue weighted by Gasteiger charge is 2.19. The summed E-state index contributed by atoms with van der Waals surface area (Å²) in [6.07, 6.45) is 5.90. The quantitative estimate of drug-likeness (QED) is 0.365. The van der Waals surface area contributed by atoms with E-state index < -0.39 is 0 Å². The Bertz CT molecular complexity index is 1280. The van der Waals surface area contributed by atoms with Crippen LogP contribution in [0.15, 0.2) is 65.8 Å². The number of hydrogen-bond donors (Lipinski definition) is 3. The first kappa shape index (κ1) is 21.1. The molecule has 0 aliphatic carbocycles. The van der Waals surface area contributed by atoms with Gasteiger partial charge in [-0.2, -0.15) is 4.98 Å². The highest BCUT2D eigenvalue weighted by molar-refractivity contribution is 9.10. The van der Waals surface area contributed by atoms with Gasteiger partial charge in [-0.05, 0) is 47.9 Å². The monoisotopic (exact) mass is 504 g/mol. The summed E-state index contributed by atoms with van der Waals surface area (Å²) in [4.78, 5) is 34.6. The number of imidazole rings is 1. The second-order valence-electron chi connectivity index (χ2n) is 7.68. The number of amides is 1. The maximum atomic E-state index is 12.2. The van der Waals surface area contributed by atoms with Gasteiger partial charge in [0.1, 0.15) is 6.33 Å². The molecular weight excluding hydrogens is 484 g/mol. The molecule has 0 fully saturated rings. The fourth-order valence-electron chi connectivity index (χ4n) is 3.75. The third kappa shape index (κ3) is 5.17. The second kappa shape index (κ2) is 9.37. The lowest BCUT2D eigenvalue weighted by molar-refractivity contribution is -0.115. The SMILES string of the molecule is O=C(Cc1c[nH]cn1)Nc1cccc(Nc2ncnc(N3CCc4cc(Br)ccc4C3)n2)c1. The minimum absolute atomic E-state index is 0.140. The highest BCUT2D eigenvalue weighted by Crippen LogP contribution is 2.25. The van der Waals surface area contributed by atoms with Crippen LogP contribution in [0.3, 0.4) is 0 Å². The van der Waals surface area contributed by atoms with Crippen LogP contribution in [0.4, 0.5) is 23.3 Å². The fourth-order valence-corrected chi connectivity index (χ4v) is 4.16. The zero-order valence-corrected chi connectivity index (χ0v) is 19.2. The van der Waals surface area contributed by atoms with Crippen LogP contribution in [-0.2, 0) is 24.2 Å². The molecule has 33 heavy (non-hydrogen) atoms. The molecule has 0 bridgehead atoms. The standard InChI is InChI=1S/C23H21BrN8O/c24-17-5-4-16-12-32(7-6-15(16)8-17)23-28-14-27-22(31-23)30-19-3-1-2-18(9-19)29-21(33)10-20-11-25-13-26-20/h1-5,8-9,11,13-14H,6-7,10,12H2,(H,25,26)(H,29,33)(H,27,28,30,31). The second-order valence-corrected chi connectivity index (χ2v) is 8.60. The molecule has 1 aliphatic rings. The largest absolute Gasteiger partial charge is 0.351 e. The molecule has 0 unspecified atom stereocenters. The normalized spacial score (nSPS) is 12.8. The van der Waals surface area contributed by atoms with E-state index in [1.54, 1.807) is 12.5 Å². The molecule has 2 aromatic carbocycles. The van der Waals surface area contributed by atoms with Crippen LogP contribution in [0.25, 0.3) is 0 Å². The number of carbonyl (C=O) groups is 1. The Morgan fingerprint density at radius 2 is 2.00 bits per heavy atom. The van der Waals surface area contributed by atoms with E-state index in [9.17, 15) is 4.79 Å². The van der Waals surface area contributed by atoms with Crippen LogP contribution in [0.5, 0.6) is 0 Å². The van der Waals surface area contributed by atoms with Crippen molar-refractivity contribution in [3.8, 4) is 0 Å². The molecular formula is C23H21BrN8O. The van der Waals surface area contributed by atoms with E-state index in [1.165, 1.54) is 17.5 Å². The summed E-state index contributed by atoms with van der Waals surface area (Å²) >= 11 is 3.54. The van der Waals surface area contributed by atoms with Crippen molar-refractivity contribution in [1.82, 2.24) is 24.9 Å². The van der Waals surface area contributed by atoms with Crippen molar-refractivity contribution in [2.75, 3.05) is 22.1 Å². The van der Waals surface area contributed by atoms with Gasteiger partial charge in [0, 0.05) is 35.1 Å². The Labute approximate surface area is 198 Å². The summed E-state index contributed by atoms with van der Waals surface area (Å²) in [5, 5.41) is 6.09. The van der Waals surface area contributed by atoms with Gasteiger partial charge in [-0.15, -0.1) is 0 Å². The number of nitrogens with zero attached hydrogens (tertiary/aromatic N) is 5. The van der Waals surface area contributed by atoms with Crippen LogP contribution in [-0.4, -0.2) is 37.4 Å². The molecule has 0 radical (unpaired) electrons. The van der Waals surface area contributed by atoms with Gasteiger partial charge in [-0.1, -0.05) is 28.1 Å². The number of halogens is 1. The number of rotatable bonds is 6. The van der Waals surface area contributed by atoms with Gasteiger partial charge in [0.05, 0.1) is 18.4 Å². The zero-order valence-electron chi connectivity index (χ0n) is 17.6. The smallest absolute Gasteiger partial charge is 0.232 e. The molecule has 0 atom stereocenters. The van der Waals surface area contributed by atoms with E-state index in [0.717, 1.165) is 29.7 Å². The molecule has 3 heterocycles. The van der Waals surface area contributed by atoms with E-state index in [1.807, 2.05) is 24.3 Å². The summed E-state index contributed by atoms with van der Waals surface area (Å²) in [6, 6.07) is 13.8. The van der Waals surface area contributed by atoms with Gasteiger partial charge in [0.25, 0.3) is 0 Å². The lowest BCUT2D eigenvalue weighted by Gasteiger charge is -2.29. The van der Waals surface area contributed by atoms with Crippen LogP contribution in [0.2, 0.25) is 0 Å². The molecule has 1 aliphatic heterocycles. The van der Waals surface area contributed by atoms with E-state index in [2.05, 4.69) is 74.6 Å². The number of benzene rings is 2. The minimum Gasteiger partial charge on any atom is -0.351 e. The highest BCUT2D eigenvalue weighted by atomic mass is 79.9. The number of anilines is 4. The summed E-state index contributed by atoms with van der Waals surface area (Å²) in [6.45, 7) is 1.59. The van der Waals surface area contributed by atoms with E-state index >= 15 is 0 Å². The Morgan fingerprint density at radius 3 is 2.88 bits per heavy atom. The zero-order chi connectivity index (χ0) is 22.6. The molecule has 0 saturated carbocycles. The average Bonchev–Trinajstić information content (AvgIpc) is 3.32. The number of nitrogens with one attached hydrogen (secondary N) is 3. The van der Waals surface area contributed by atoms with Crippen molar-refractivity contribution in [2.45, 2.75) is 19.4 Å². The van der Waals surface area contributed by atoms with Crippen LogP contribution < -0.4 is 15.5 Å². The number of fused-ring (bicyclic) bond motifs is 1. The third-order valence-electron chi connectivity index (χ3n) is 5.32. The maximum absolute atomic E-state index is 12.2. The number of carbonyl (C=O) groups excluding carboxylic acids is 1. The Morgan fingerprint density at radius 1 is 1.09 bits per heavy atom. The summed E-state index contributed by atoms with van der Waals surface area (Å²) in [5.41, 5.74) is 4.75. The predicted octanol–water partition coefficient (Wildman–Crippen LogP) is 3.84. The van der Waals surface area contributed by atoms with Crippen molar-refractivity contribution < 1.29 is 4.79 Å². The number of H-pyrrole nitrogens is 1. The van der Waals surface area contributed by atoms with Gasteiger partial charge in [-0.3, -0.25) is 4.79 Å². The van der Waals surface area contributed by atoms with Crippen LogP contribution in [0, 0.1) is 0 Å². The van der Waals surface area contributed by atoms with Gasteiger partial charge in [-0.25, -0.2) is 15.0 Å². The van der Waals surface area contributed by atoms with E-state index in [-0.39, 0.29) is 12.3 Å². The molecule has 10 heteroatoms. The Kier molecular flexibility index (Phi) is 5.99. The minimum atomic E-state index is -0.140. The Hall–Kier alpha value is -3.79. The van der Waals surface area contributed by atoms with Crippen molar-refractivity contribution in [3.63, 3.8) is 0 Å². The van der Waals surface area contributed by atoms with Crippen LogP contribution in [0.1, 0.15) is 16.8 Å². The number of hydrogen-bond acceptors (Lipinski definition) is 7. The number of aromatic amines is 1. The molecule has 0 spiro atoms. The van der Waals surface area contributed by atoms with Gasteiger partial charge < -0.3 is 20.5 Å². The molecule has 1 amide bonds. The lowest BCUT2D eigenvalue weighted by atomic mass is 10.0. The fraction of sp³-hybridized carbons (Fsp3) is 0.174. The first-order valence-electron chi connectivity index (χ1n) is 10.5. The number of aromatic nitrogens is 5. The van der Waals surface area contributed by atoms with Crippen molar-refractivity contribution >= 4 is 45.1 Å². The topological polar surface area (TPSA) is 112 Å². The summed E-state index contributed by atoms with van der Waals surface area (Å²) < 4.78 is 1.10. The van der Waals surface area contributed by atoms with Crippen molar-refractivity contribution in [2.24, 2.45) is 0 Å². The summed E-state index contributed by atoms with van der Waals surface area (Å²) in [7, 11) is 0. The first-order chi connectivity index (χ1) is 16.1. The van der Waals surface area contributed by atoms with Gasteiger partial charge >= 0.3 is 0 Å². The van der Waals surface area contributed by atoms with Gasteiger partial charge in [0.2, 0.25) is 17.8 Å². The molecule has 2 aromatic heterocycles. The molecule has 5 rings (SSSR count). The van der Waals surface area contributed by atoms with Gasteiger partial charge in [0.15, 0.2) is 0 Å². The van der Waals surface area contributed by atoms with Crippen molar-refractivity contribution in [1.29, 1.82) is 0 Å². The van der Waals surface area contributed by atoms with E-state index in [4.69, 9.17) is 0 Å². The van der Waals surface area contributed by atoms with E-state index in [0.29, 0.717) is 23.3 Å². The first-order valence-corrected chi connectivity index (χ1v) is 11.3. The Balaban J connectivity index is 1.26. The lowest BCUT2D eigenvalue weighted by Crippen LogP contribution is -2.32. The predicted molar refractivity (Wildman–Crippen MR) is 129 cm³/mol.